The fraction of sp³-hybridized carbons (Fsp3) is 0.308. The molecule has 0 aliphatic carbocycles. The number of benzene rings is 1. The first-order chi connectivity index (χ1) is 8.06. The third-order valence-corrected chi connectivity index (χ3v) is 2.86. The Hall–Kier alpha value is -1.29. The predicted octanol–water partition coefficient (Wildman–Crippen LogP) is 3.73. The van der Waals surface area contributed by atoms with E-state index in [1.54, 1.807) is 0 Å². The van der Waals surface area contributed by atoms with Gasteiger partial charge < -0.3 is 0 Å². The van der Waals surface area contributed by atoms with Gasteiger partial charge >= 0.3 is 0 Å². The summed E-state index contributed by atoms with van der Waals surface area (Å²) in [5, 5.41) is 0. The minimum atomic E-state index is 0.308. The molecule has 88 valence electrons. The van der Waals surface area contributed by atoms with E-state index in [0.29, 0.717) is 5.92 Å². The van der Waals surface area contributed by atoms with Crippen molar-refractivity contribution < 1.29 is 0 Å². The summed E-state index contributed by atoms with van der Waals surface area (Å²) in [6, 6.07) is 7.98. The maximum atomic E-state index is 4.50. The Labute approximate surface area is 109 Å². The molecule has 2 rings (SSSR count). The van der Waals surface area contributed by atoms with E-state index in [-0.39, 0.29) is 0 Å². The summed E-state index contributed by atoms with van der Waals surface area (Å²) in [5.41, 5.74) is 1.01. The average molecular weight is 292 g/mol. The van der Waals surface area contributed by atoms with E-state index in [1.165, 1.54) is 0 Å². The summed E-state index contributed by atoms with van der Waals surface area (Å²) in [7, 11) is 0. The van der Waals surface area contributed by atoms with Crippen LogP contribution in [0.3, 0.4) is 0 Å². The second-order valence-corrected chi connectivity index (χ2v) is 5.15. The minimum absolute atomic E-state index is 0.308. The summed E-state index contributed by atoms with van der Waals surface area (Å²) in [6.07, 6.45) is 0. The number of aromatic nitrogens is 3. The van der Waals surface area contributed by atoms with Crippen molar-refractivity contribution in [3.63, 3.8) is 0 Å². The van der Waals surface area contributed by atoms with Gasteiger partial charge in [0.1, 0.15) is 11.6 Å². The molecule has 0 N–H and O–H groups in total. The molecule has 0 atom stereocenters. The van der Waals surface area contributed by atoms with Gasteiger partial charge in [0, 0.05) is 16.0 Å². The molecule has 1 aromatic heterocycles. The SMILES string of the molecule is Cc1nc(-c2cccc(Br)c2)nc(C(C)C)n1. The molecule has 0 saturated heterocycles. The quantitative estimate of drug-likeness (QED) is 0.846. The number of rotatable bonds is 2. The highest BCUT2D eigenvalue weighted by molar-refractivity contribution is 9.10. The Kier molecular flexibility index (Phi) is 3.52. The molecule has 0 aliphatic rings. The van der Waals surface area contributed by atoms with Crippen molar-refractivity contribution in [1.29, 1.82) is 0 Å². The van der Waals surface area contributed by atoms with Crippen LogP contribution in [0.5, 0.6) is 0 Å². The van der Waals surface area contributed by atoms with Crippen LogP contribution in [0.1, 0.15) is 31.4 Å². The second kappa shape index (κ2) is 4.92. The summed E-state index contributed by atoms with van der Waals surface area (Å²) < 4.78 is 1.03. The third kappa shape index (κ3) is 2.88. The fourth-order valence-corrected chi connectivity index (χ4v) is 1.92. The van der Waals surface area contributed by atoms with Crippen molar-refractivity contribution in [3.8, 4) is 11.4 Å². The van der Waals surface area contributed by atoms with Crippen LogP contribution in [0.25, 0.3) is 11.4 Å². The summed E-state index contributed by atoms with van der Waals surface area (Å²) in [6.45, 7) is 6.06. The topological polar surface area (TPSA) is 38.7 Å². The van der Waals surface area contributed by atoms with Crippen molar-refractivity contribution in [2.24, 2.45) is 0 Å². The number of hydrogen-bond donors (Lipinski definition) is 0. The monoisotopic (exact) mass is 291 g/mol. The number of aryl methyl sites for hydroxylation is 1. The van der Waals surface area contributed by atoms with E-state index < -0.39 is 0 Å². The van der Waals surface area contributed by atoms with Crippen molar-refractivity contribution in [3.05, 3.63) is 40.4 Å². The highest BCUT2D eigenvalue weighted by Gasteiger charge is 2.09. The third-order valence-electron chi connectivity index (χ3n) is 2.36. The molecule has 17 heavy (non-hydrogen) atoms. The van der Waals surface area contributed by atoms with Crippen molar-refractivity contribution in [2.45, 2.75) is 26.7 Å². The Morgan fingerprint density at radius 1 is 1.12 bits per heavy atom. The first-order valence-electron chi connectivity index (χ1n) is 5.55. The minimum Gasteiger partial charge on any atom is -0.218 e. The molecule has 0 spiro atoms. The van der Waals surface area contributed by atoms with Crippen LogP contribution in [0.2, 0.25) is 0 Å². The molecule has 0 saturated carbocycles. The van der Waals surface area contributed by atoms with Crippen LogP contribution in [0, 0.1) is 6.92 Å². The van der Waals surface area contributed by atoms with E-state index in [1.807, 2.05) is 31.2 Å². The van der Waals surface area contributed by atoms with Crippen molar-refractivity contribution in [2.75, 3.05) is 0 Å². The van der Waals surface area contributed by atoms with Gasteiger partial charge in [-0.1, -0.05) is 41.9 Å². The van der Waals surface area contributed by atoms with Gasteiger partial charge in [0.15, 0.2) is 5.82 Å². The van der Waals surface area contributed by atoms with E-state index in [0.717, 1.165) is 27.5 Å². The zero-order chi connectivity index (χ0) is 12.4. The number of halogens is 1. The van der Waals surface area contributed by atoms with Gasteiger partial charge in [-0.3, -0.25) is 0 Å². The van der Waals surface area contributed by atoms with Gasteiger partial charge in [-0.15, -0.1) is 0 Å². The summed E-state index contributed by atoms with van der Waals surface area (Å²) in [5.74, 6) is 2.65. The Bertz CT molecular complexity index is 538. The lowest BCUT2D eigenvalue weighted by molar-refractivity contribution is 0.750. The Morgan fingerprint density at radius 3 is 2.53 bits per heavy atom. The molecule has 0 bridgehead atoms. The molecule has 1 aromatic carbocycles. The highest BCUT2D eigenvalue weighted by Crippen LogP contribution is 2.21. The number of nitrogens with zero attached hydrogens (tertiary/aromatic N) is 3. The molecule has 0 amide bonds. The molecular formula is C13H14BrN3. The van der Waals surface area contributed by atoms with Gasteiger partial charge in [-0.2, -0.15) is 0 Å². The fourth-order valence-electron chi connectivity index (χ4n) is 1.52. The zero-order valence-electron chi connectivity index (χ0n) is 10.1. The van der Waals surface area contributed by atoms with E-state index >= 15 is 0 Å². The van der Waals surface area contributed by atoms with Gasteiger partial charge in [-0.05, 0) is 19.1 Å². The maximum absolute atomic E-state index is 4.50. The van der Waals surface area contributed by atoms with E-state index in [2.05, 4.69) is 44.7 Å². The largest absolute Gasteiger partial charge is 0.218 e. The van der Waals surface area contributed by atoms with E-state index in [4.69, 9.17) is 0 Å². The van der Waals surface area contributed by atoms with Gasteiger partial charge in [0.25, 0.3) is 0 Å². The normalized spacial score (nSPS) is 10.9. The zero-order valence-corrected chi connectivity index (χ0v) is 11.7. The van der Waals surface area contributed by atoms with E-state index in [9.17, 15) is 0 Å². The second-order valence-electron chi connectivity index (χ2n) is 4.23. The lowest BCUT2D eigenvalue weighted by Gasteiger charge is -2.07. The van der Waals surface area contributed by atoms with Crippen LogP contribution >= 0.6 is 15.9 Å². The Balaban J connectivity index is 2.52. The van der Waals surface area contributed by atoms with Crippen LogP contribution in [0.15, 0.2) is 28.7 Å². The molecule has 2 aromatic rings. The first-order valence-corrected chi connectivity index (χ1v) is 6.34. The molecule has 0 aliphatic heterocycles. The standard InChI is InChI=1S/C13H14BrN3/c1-8(2)12-15-9(3)16-13(17-12)10-5-4-6-11(14)7-10/h4-8H,1-3H3. The molecule has 0 unspecified atom stereocenters. The molecular weight excluding hydrogens is 278 g/mol. The lowest BCUT2D eigenvalue weighted by Crippen LogP contribution is -2.04. The predicted molar refractivity (Wildman–Crippen MR) is 71.8 cm³/mol. The van der Waals surface area contributed by atoms with Gasteiger partial charge in [-0.25, -0.2) is 15.0 Å². The van der Waals surface area contributed by atoms with Crippen LogP contribution in [-0.4, -0.2) is 15.0 Å². The van der Waals surface area contributed by atoms with Crippen molar-refractivity contribution >= 4 is 15.9 Å². The smallest absolute Gasteiger partial charge is 0.163 e. The van der Waals surface area contributed by atoms with Crippen LogP contribution in [-0.2, 0) is 0 Å². The van der Waals surface area contributed by atoms with Gasteiger partial charge in [0.2, 0.25) is 0 Å². The lowest BCUT2D eigenvalue weighted by atomic mass is 10.2. The first kappa shape index (κ1) is 12.2. The molecule has 0 fully saturated rings. The molecule has 3 nitrogen and oxygen atoms in total. The summed E-state index contributed by atoms with van der Waals surface area (Å²) in [4.78, 5) is 13.2. The van der Waals surface area contributed by atoms with Crippen molar-refractivity contribution in [1.82, 2.24) is 15.0 Å². The average Bonchev–Trinajstić information content (AvgIpc) is 2.28. The van der Waals surface area contributed by atoms with Gasteiger partial charge in [0.05, 0.1) is 0 Å². The summed E-state index contributed by atoms with van der Waals surface area (Å²) >= 11 is 3.45. The molecule has 0 radical (unpaired) electrons. The highest BCUT2D eigenvalue weighted by atomic mass is 79.9. The Morgan fingerprint density at radius 2 is 1.88 bits per heavy atom. The van der Waals surface area contributed by atoms with Crippen LogP contribution < -0.4 is 0 Å². The van der Waals surface area contributed by atoms with Crippen LogP contribution in [0.4, 0.5) is 0 Å². The maximum Gasteiger partial charge on any atom is 0.163 e. The molecule has 1 heterocycles. The number of hydrogen-bond acceptors (Lipinski definition) is 3. The molecule has 4 heteroatoms.